The van der Waals surface area contributed by atoms with Crippen LogP contribution in [0.4, 0.5) is 11.4 Å². The molecule has 1 nitrogen and oxygen atoms in total. The second-order valence-electron chi connectivity index (χ2n) is 11.1. The Hall–Kier alpha value is -5.44. The predicted molar refractivity (Wildman–Crippen MR) is 191 cm³/mol. The van der Waals surface area contributed by atoms with E-state index in [1.54, 1.807) is 0 Å². The van der Waals surface area contributed by atoms with E-state index in [1.807, 2.05) is 17.4 Å². The van der Waals surface area contributed by atoms with Crippen molar-refractivity contribution in [1.82, 2.24) is 0 Å². The summed E-state index contributed by atoms with van der Waals surface area (Å²) < 4.78 is 2.66. The molecule has 1 heterocycles. The summed E-state index contributed by atoms with van der Waals surface area (Å²) >= 11 is 1.89. The Kier molecular flexibility index (Phi) is 6.75. The molecule has 0 amide bonds. The van der Waals surface area contributed by atoms with Gasteiger partial charge >= 0.3 is 0 Å². The van der Waals surface area contributed by atoms with Gasteiger partial charge in [0.15, 0.2) is 0 Å². The molecular weight excluding hydrogens is 551 g/mol. The van der Waals surface area contributed by atoms with Gasteiger partial charge in [-0.25, -0.2) is 0 Å². The normalized spacial score (nSPS) is 11.2. The summed E-state index contributed by atoms with van der Waals surface area (Å²) in [5, 5.41) is 6.20. The van der Waals surface area contributed by atoms with Crippen LogP contribution in [0.2, 0.25) is 0 Å². The molecule has 8 aromatic rings. The lowest BCUT2D eigenvalue weighted by atomic mass is 9.95. The van der Waals surface area contributed by atoms with Crippen molar-refractivity contribution in [1.29, 1.82) is 0 Å². The minimum absolute atomic E-state index is 1.07. The zero-order chi connectivity index (χ0) is 29.3. The Balaban J connectivity index is 1.09. The van der Waals surface area contributed by atoms with E-state index in [2.05, 4.69) is 169 Å². The lowest BCUT2D eigenvalue weighted by Crippen LogP contribution is -1.90. The van der Waals surface area contributed by atoms with Crippen molar-refractivity contribution in [3.05, 3.63) is 170 Å². The maximum absolute atomic E-state index is 3.55. The van der Waals surface area contributed by atoms with Gasteiger partial charge in [-0.1, -0.05) is 133 Å². The highest BCUT2D eigenvalue weighted by Crippen LogP contribution is 2.44. The van der Waals surface area contributed by atoms with Crippen LogP contribution in [-0.4, -0.2) is 0 Å². The highest BCUT2D eigenvalue weighted by Gasteiger charge is 2.14. The molecule has 2 heteroatoms. The predicted octanol–water partition coefficient (Wildman–Crippen LogP) is 12.5. The maximum Gasteiger partial charge on any atom is 0.0434 e. The fourth-order valence-electron chi connectivity index (χ4n) is 6.09. The lowest BCUT2D eigenvalue weighted by molar-refractivity contribution is 1.53. The molecular formula is C42H29NS. The largest absolute Gasteiger partial charge is 0.356 e. The Morgan fingerprint density at radius 2 is 0.886 bits per heavy atom. The third-order valence-corrected chi connectivity index (χ3v) is 9.48. The lowest BCUT2D eigenvalue weighted by Gasteiger charge is -2.11. The molecule has 8 rings (SSSR count). The Labute approximate surface area is 261 Å². The number of anilines is 2. The summed E-state index contributed by atoms with van der Waals surface area (Å²) in [6, 6.07) is 60.8. The van der Waals surface area contributed by atoms with Crippen molar-refractivity contribution >= 4 is 42.9 Å². The molecule has 0 aliphatic rings. The third kappa shape index (κ3) is 4.96. The van der Waals surface area contributed by atoms with E-state index in [-0.39, 0.29) is 0 Å². The highest BCUT2D eigenvalue weighted by atomic mass is 32.1. The van der Waals surface area contributed by atoms with Crippen molar-refractivity contribution in [3.63, 3.8) is 0 Å². The molecule has 0 aliphatic carbocycles. The van der Waals surface area contributed by atoms with Crippen molar-refractivity contribution in [2.75, 3.05) is 5.32 Å². The third-order valence-electron chi connectivity index (χ3n) is 8.28. The van der Waals surface area contributed by atoms with Crippen LogP contribution in [-0.2, 0) is 0 Å². The number of hydrogen-bond donors (Lipinski definition) is 1. The standard InChI is InChI=1S/C42H29NS/c1-3-10-29(11-4-1)30-20-24-35(25-21-30)43-36-26-22-31(23-27-36)33-14-7-15-34(28-33)37-16-9-19-40-41(37)39-18-8-17-38(42(39)44-40)32-12-5-2-6-13-32/h1-28,43H. The summed E-state index contributed by atoms with van der Waals surface area (Å²) in [5.74, 6) is 0. The summed E-state index contributed by atoms with van der Waals surface area (Å²) in [6.45, 7) is 0. The molecule has 0 saturated carbocycles. The van der Waals surface area contributed by atoms with E-state index >= 15 is 0 Å². The summed E-state index contributed by atoms with van der Waals surface area (Å²) in [6.07, 6.45) is 0. The van der Waals surface area contributed by atoms with Crippen LogP contribution >= 0.6 is 11.3 Å². The zero-order valence-electron chi connectivity index (χ0n) is 24.1. The van der Waals surface area contributed by atoms with Gasteiger partial charge in [-0.3, -0.25) is 0 Å². The van der Waals surface area contributed by atoms with Gasteiger partial charge in [-0.15, -0.1) is 11.3 Å². The molecule has 0 spiro atoms. The molecule has 1 aromatic heterocycles. The van der Waals surface area contributed by atoms with E-state index in [0.29, 0.717) is 0 Å². The molecule has 0 saturated heterocycles. The number of hydrogen-bond acceptors (Lipinski definition) is 2. The Bertz CT molecular complexity index is 2210. The van der Waals surface area contributed by atoms with Crippen molar-refractivity contribution in [2.24, 2.45) is 0 Å². The van der Waals surface area contributed by atoms with Gasteiger partial charge in [0.2, 0.25) is 0 Å². The summed E-state index contributed by atoms with van der Waals surface area (Å²) in [7, 11) is 0. The zero-order valence-corrected chi connectivity index (χ0v) is 24.9. The molecule has 1 N–H and O–H groups in total. The van der Waals surface area contributed by atoms with Crippen LogP contribution < -0.4 is 5.32 Å². The first-order chi connectivity index (χ1) is 21.8. The van der Waals surface area contributed by atoms with Crippen molar-refractivity contribution in [3.8, 4) is 44.5 Å². The fraction of sp³-hybridized carbons (Fsp3) is 0. The van der Waals surface area contributed by atoms with Gasteiger partial charge < -0.3 is 5.32 Å². The average Bonchev–Trinajstić information content (AvgIpc) is 3.49. The van der Waals surface area contributed by atoms with E-state index in [4.69, 9.17) is 0 Å². The molecule has 208 valence electrons. The Morgan fingerprint density at radius 3 is 1.59 bits per heavy atom. The monoisotopic (exact) mass is 579 g/mol. The molecule has 0 bridgehead atoms. The molecule has 7 aromatic carbocycles. The molecule has 0 radical (unpaired) electrons. The van der Waals surface area contributed by atoms with Gasteiger partial charge in [0, 0.05) is 31.5 Å². The number of fused-ring (bicyclic) bond motifs is 3. The highest BCUT2D eigenvalue weighted by molar-refractivity contribution is 7.26. The van der Waals surface area contributed by atoms with Crippen LogP contribution in [0.1, 0.15) is 0 Å². The molecule has 44 heavy (non-hydrogen) atoms. The van der Waals surface area contributed by atoms with Gasteiger partial charge in [-0.05, 0) is 80.9 Å². The SMILES string of the molecule is c1ccc(-c2ccc(Nc3ccc(-c4cccc(-c5cccc6sc7c(-c8ccccc8)cccc7c56)c4)cc3)cc2)cc1. The smallest absolute Gasteiger partial charge is 0.0434 e. The number of thiophene rings is 1. The van der Waals surface area contributed by atoms with Gasteiger partial charge in [0.1, 0.15) is 0 Å². The van der Waals surface area contributed by atoms with E-state index in [1.165, 1.54) is 64.7 Å². The van der Waals surface area contributed by atoms with Crippen LogP contribution in [0.5, 0.6) is 0 Å². The second kappa shape index (κ2) is 11.3. The van der Waals surface area contributed by atoms with Crippen molar-refractivity contribution in [2.45, 2.75) is 0 Å². The maximum atomic E-state index is 3.55. The number of rotatable bonds is 6. The first kappa shape index (κ1) is 26.2. The summed E-state index contributed by atoms with van der Waals surface area (Å²) in [4.78, 5) is 0. The first-order valence-electron chi connectivity index (χ1n) is 14.9. The van der Waals surface area contributed by atoms with Gasteiger partial charge in [0.25, 0.3) is 0 Å². The van der Waals surface area contributed by atoms with Gasteiger partial charge in [0.05, 0.1) is 0 Å². The minimum atomic E-state index is 1.07. The summed E-state index contributed by atoms with van der Waals surface area (Å²) in [5.41, 5.74) is 12.1. The fourth-order valence-corrected chi connectivity index (χ4v) is 7.35. The molecule has 0 fully saturated rings. The molecule has 0 atom stereocenters. The number of benzene rings is 7. The van der Waals surface area contributed by atoms with Crippen LogP contribution in [0.3, 0.4) is 0 Å². The van der Waals surface area contributed by atoms with E-state index < -0.39 is 0 Å². The molecule has 0 aliphatic heterocycles. The van der Waals surface area contributed by atoms with E-state index in [0.717, 1.165) is 11.4 Å². The minimum Gasteiger partial charge on any atom is -0.356 e. The Morgan fingerprint density at radius 1 is 0.364 bits per heavy atom. The quantitative estimate of drug-likeness (QED) is 0.207. The van der Waals surface area contributed by atoms with E-state index in [9.17, 15) is 0 Å². The first-order valence-corrected chi connectivity index (χ1v) is 15.7. The number of nitrogens with one attached hydrogen (secondary N) is 1. The van der Waals surface area contributed by atoms with Crippen LogP contribution in [0.15, 0.2) is 170 Å². The second-order valence-corrected chi connectivity index (χ2v) is 12.1. The topological polar surface area (TPSA) is 12.0 Å². The van der Waals surface area contributed by atoms with Crippen molar-refractivity contribution < 1.29 is 0 Å². The molecule has 0 unspecified atom stereocenters. The van der Waals surface area contributed by atoms with Crippen LogP contribution in [0.25, 0.3) is 64.7 Å². The van der Waals surface area contributed by atoms with Crippen LogP contribution in [0, 0.1) is 0 Å². The average molecular weight is 580 g/mol. The van der Waals surface area contributed by atoms with Gasteiger partial charge in [-0.2, -0.15) is 0 Å².